The number of nitrogens with zero attached hydrogens (tertiary/aromatic N) is 5. The topological polar surface area (TPSA) is 71.3 Å². The molecule has 0 amide bonds. The molecule has 4 rings (SSSR count). The second kappa shape index (κ2) is 6.38. The zero-order valence-electron chi connectivity index (χ0n) is 14.4. The maximum atomic E-state index is 12.3. The molecule has 2 aliphatic heterocycles. The van der Waals surface area contributed by atoms with Crippen molar-refractivity contribution in [3.63, 3.8) is 0 Å². The molecule has 0 N–H and O–H groups in total. The van der Waals surface area contributed by atoms with E-state index in [0.29, 0.717) is 19.0 Å². The molecule has 3 fully saturated rings. The molecule has 1 aromatic rings. The van der Waals surface area contributed by atoms with Crippen molar-refractivity contribution in [2.24, 2.45) is 7.05 Å². The van der Waals surface area contributed by atoms with Crippen molar-refractivity contribution in [2.75, 3.05) is 26.2 Å². The number of aromatic nitrogens is 3. The molecule has 0 aromatic carbocycles. The first-order valence-electron chi connectivity index (χ1n) is 9.15. The summed E-state index contributed by atoms with van der Waals surface area (Å²) < 4.78 is 28.5. The van der Waals surface area contributed by atoms with Crippen molar-refractivity contribution < 1.29 is 8.42 Å². The lowest BCUT2D eigenvalue weighted by Gasteiger charge is -2.30. The largest absolute Gasteiger partial charge is 0.317 e. The van der Waals surface area contributed by atoms with Crippen LogP contribution in [0.15, 0.2) is 0 Å². The van der Waals surface area contributed by atoms with E-state index in [9.17, 15) is 8.42 Å². The van der Waals surface area contributed by atoms with Crippen LogP contribution in [0.1, 0.15) is 56.1 Å². The predicted octanol–water partition coefficient (Wildman–Crippen LogP) is 1.08. The van der Waals surface area contributed by atoms with Crippen LogP contribution in [0, 0.1) is 0 Å². The maximum absolute atomic E-state index is 12.3. The normalized spacial score (nSPS) is 24.7. The van der Waals surface area contributed by atoms with Gasteiger partial charge in [0.25, 0.3) is 0 Å². The van der Waals surface area contributed by atoms with Crippen LogP contribution in [0.5, 0.6) is 0 Å². The number of hydrogen-bond acceptors (Lipinski definition) is 5. The summed E-state index contributed by atoms with van der Waals surface area (Å²) in [7, 11) is -0.982. The molecule has 134 valence electrons. The highest BCUT2D eigenvalue weighted by Crippen LogP contribution is 2.35. The number of hydrogen-bond donors (Lipinski definition) is 0. The van der Waals surface area contributed by atoms with Gasteiger partial charge in [-0.05, 0) is 51.6 Å². The monoisotopic (exact) mass is 353 g/mol. The van der Waals surface area contributed by atoms with E-state index in [2.05, 4.69) is 19.7 Å². The van der Waals surface area contributed by atoms with Gasteiger partial charge in [0.15, 0.2) is 0 Å². The first-order valence-corrected chi connectivity index (χ1v) is 10.7. The van der Waals surface area contributed by atoms with Gasteiger partial charge >= 0.3 is 0 Å². The molecule has 2 saturated heterocycles. The lowest BCUT2D eigenvalue weighted by molar-refractivity contribution is 0.305. The van der Waals surface area contributed by atoms with Crippen LogP contribution in [0.25, 0.3) is 0 Å². The summed E-state index contributed by atoms with van der Waals surface area (Å²) in [4.78, 5) is 2.43. The van der Waals surface area contributed by atoms with E-state index in [1.54, 1.807) is 4.31 Å². The molecule has 1 saturated carbocycles. The molecule has 1 aromatic heterocycles. The average Bonchev–Trinajstić information content (AvgIpc) is 3.23. The highest BCUT2D eigenvalue weighted by molar-refractivity contribution is 7.90. The van der Waals surface area contributed by atoms with Crippen molar-refractivity contribution in [1.82, 2.24) is 24.0 Å². The molecule has 8 heteroatoms. The van der Waals surface area contributed by atoms with Gasteiger partial charge in [-0.3, -0.25) is 4.90 Å². The molecular weight excluding hydrogens is 326 g/mol. The van der Waals surface area contributed by atoms with Gasteiger partial charge in [-0.25, -0.2) is 12.7 Å². The van der Waals surface area contributed by atoms with Crippen LogP contribution in [0.4, 0.5) is 0 Å². The molecule has 0 radical (unpaired) electrons. The number of sulfonamides is 1. The summed E-state index contributed by atoms with van der Waals surface area (Å²) in [5.74, 6) is 2.37. The summed E-state index contributed by atoms with van der Waals surface area (Å²) in [5.41, 5.74) is 0. The van der Waals surface area contributed by atoms with E-state index < -0.39 is 10.0 Å². The van der Waals surface area contributed by atoms with E-state index in [-0.39, 0.29) is 5.25 Å². The maximum Gasteiger partial charge on any atom is 0.216 e. The molecule has 0 unspecified atom stereocenters. The Balaban J connectivity index is 1.39. The Morgan fingerprint density at radius 1 is 1.00 bits per heavy atom. The smallest absolute Gasteiger partial charge is 0.216 e. The van der Waals surface area contributed by atoms with E-state index in [4.69, 9.17) is 0 Å². The molecule has 1 aliphatic carbocycles. The summed E-state index contributed by atoms with van der Waals surface area (Å²) in [6.07, 6.45) is 5.93. The molecule has 0 bridgehead atoms. The Hall–Kier alpha value is -0.990. The minimum absolute atomic E-state index is 0.101. The zero-order valence-corrected chi connectivity index (χ0v) is 15.2. The summed E-state index contributed by atoms with van der Waals surface area (Å²) >= 11 is 0. The van der Waals surface area contributed by atoms with E-state index >= 15 is 0 Å². The van der Waals surface area contributed by atoms with Gasteiger partial charge in [-0.2, -0.15) is 0 Å². The third kappa shape index (κ3) is 3.11. The summed E-state index contributed by atoms with van der Waals surface area (Å²) in [6, 6.07) is 0. The van der Waals surface area contributed by atoms with Crippen LogP contribution in [0.2, 0.25) is 0 Å². The van der Waals surface area contributed by atoms with Crippen molar-refractivity contribution in [1.29, 1.82) is 0 Å². The fourth-order valence-electron chi connectivity index (χ4n) is 3.95. The van der Waals surface area contributed by atoms with E-state index in [1.807, 2.05) is 7.05 Å². The fourth-order valence-corrected chi connectivity index (χ4v) is 5.83. The molecule has 24 heavy (non-hydrogen) atoms. The summed E-state index contributed by atoms with van der Waals surface area (Å²) in [6.45, 7) is 4.42. The van der Waals surface area contributed by atoms with E-state index in [0.717, 1.165) is 57.0 Å². The molecule has 3 heterocycles. The lowest BCUT2D eigenvalue weighted by Crippen LogP contribution is -2.40. The van der Waals surface area contributed by atoms with Crippen molar-refractivity contribution in [2.45, 2.75) is 56.2 Å². The van der Waals surface area contributed by atoms with Crippen LogP contribution in [-0.4, -0.2) is 63.8 Å². The minimum Gasteiger partial charge on any atom is -0.317 e. The van der Waals surface area contributed by atoms with Crippen LogP contribution in [0.3, 0.4) is 0 Å². The second-order valence-corrected chi connectivity index (χ2v) is 9.65. The zero-order chi connectivity index (χ0) is 16.7. The van der Waals surface area contributed by atoms with Gasteiger partial charge in [-0.1, -0.05) is 0 Å². The number of likely N-dealkylation sites (tertiary alicyclic amines) is 1. The second-order valence-electron chi connectivity index (χ2n) is 7.43. The van der Waals surface area contributed by atoms with Crippen LogP contribution >= 0.6 is 0 Å². The lowest BCUT2D eigenvalue weighted by atomic mass is 9.97. The van der Waals surface area contributed by atoms with Crippen LogP contribution in [-0.2, 0) is 23.6 Å². The van der Waals surface area contributed by atoms with Gasteiger partial charge in [0.05, 0.1) is 11.8 Å². The molecule has 7 nitrogen and oxygen atoms in total. The Kier molecular flexibility index (Phi) is 4.38. The Bertz CT molecular complexity index is 683. The van der Waals surface area contributed by atoms with Gasteiger partial charge in [-0.15, -0.1) is 10.2 Å². The van der Waals surface area contributed by atoms with E-state index in [1.165, 1.54) is 12.8 Å². The Morgan fingerprint density at radius 2 is 1.67 bits per heavy atom. The predicted molar refractivity (Wildman–Crippen MR) is 91.0 cm³/mol. The summed E-state index contributed by atoms with van der Waals surface area (Å²) in [5, 5.41) is 8.73. The minimum atomic E-state index is -3.03. The highest BCUT2D eigenvalue weighted by Gasteiger charge is 2.41. The van der Waals surface area contributed by atoms with Gasteiger partial charge in [0, 0.05) is 26.1 Å². The number of piperidine rings is 1. The quantitative estimate of drug-likeness (QED) is 0.792. The third-order valence-electron chi connectivity index (χ3n) is 5.69. The van der Waals surface area contributed by atoms with Crippen molar-refractivity contribution in [3.05, 3.63) is 11.6 Å². The third-order valence-corrected chi connectivity index (χ3v) is 8.09. The standard InChI is InChI=1S/C16H27N5O2S/c1-19-15(12-20-8-2-3-9-20)17-18-16(19)13-6-10-21(11-7-13)24(22,23)14-4-5-14/h13-14H,2-12H2,1H3. The first-order chi connectivity index (χ1) is 11.6. The van der Waals surface area contributed by atoms with Gasteiger partial charge < -0.3 is 4.57 Å². The molecule has 0 atom stereocenters. The highest BCUT2D eigenvalue weighted by atomic mass is 32.2. The Morgan fingerprint density at radius 3 is 2.29 bits per heavy atom. The molecular formula is C16H27N5O2S. The van der Waals surface area contributed by atoms with Gasteiger partial charge in [0.1, 0.15) is 11.6 Å². The fraction of sp³-hybridized carbons (Fsp3) is 0.875. The number of rotatable bonds is 5. The van der Waals surface area contributed by atoms with Gasteiger partial charge in [0.2, 0.25) is 10.0 Å². The molecule has 3 aliphatic rings. The molecule has 0 spiro atoms. The average molecular weight is 353 g/mol. The SMILES string of the molecule is Cn1c(CN2CCCC2)nnc1C1CCN(S(=O)(=O)C2CC2)CC1. The van der Waals surface area contributed by atoms with Crippen molar-refractivity contribution >= 4 is 10.0 Å². The van der Waals surface area contributed by atoms with Crippen molar-refractivity contribution in [3.8, 4) is 0 Å². The van der Waals surface area contributed by atoms with Crippen LogP contribution < -0.4 is 0 Å². The first kappa shape index (κ1) is 16.5. The Labute approximate surface area is 144 Å².